The Kier molecular flexibility index (Phi) is 4.52. The van der Waals surface area contributed by atoms with Crippen LogP contribution >= 0.6 is 0 Å². The van der Waals surface area contributed by atoms with Crippen molar-refractivity contribution in [2.45, 2.75) is 18.9 Å². The van der Waals surface area contributed by atoms with Crippen LogP contribution in [0, 0.1) is 5.92 Å². The average molecular weight is 438 g/mol. The summed E-state index contributed by atoms with van der Waals surface area (Å²) in [5.74, 6) is 0.744. The number of benzene rings is 2. The number of rotatable bonds is 4. The number of pyridine rings is 1. The molecule has 3 N–H and O–H groups in total. The molecule has 5 aromatic rings. The van der Waals surface area contributed by atoms with Crippen LogP contribution in [-0.2, 0) is 0 Å². The van der Waals surface area contributed by atoms with Crippen molar-refractivity contribution < 1.29 is 5.11 Å². The third-order valence-electron chi connectivity index (χ3n) is 6.75. The predicted molar refractivity (Wildman–Crippen MR) is 129 cm³/mol. The third-order valence-corrected chi connectivity index (χ3v) is 6.75. The average Bonchev–Trinajstić information content (AvgIpc) is 3.20. The first-order valence-electron chi connectivity index (χ1n) is 11.1. The van der Waals surface area contributed by atoms with Crippen molar-refractivity contribution in [3.63, 3.8) is 0 Å². The number of para-hydroxylation sites is 1. The van der Waals surface area contributed by atoms with E-state index >= 15 is 0 Å². The molecule has 3 heterocycles. The van der Waals surface area contributed by atoms with Gasteiger partial charge in [-0.2, -0.15) is 0 Å². The first-order valence-corrected chi connectivity index (χ1v) is 11.1. The Morgan fingerprint density at radius 2 is 1.88 bits per heavy atom. The van der Waals surface area contributed by atoms with E-state index in [1.807, 2.05) is 60.8 Å². The van der Waals surface area contributed by atoms with Crippen molar-refractivity contribution in [2.24, 2.45) is 5.92 Å². The van der Waals surface area contributed by atoms with Crippen molar-refractivity contribution in [3.8, 4) is 16.8 Å². The molecule has 0 aliphatic heterocycles. The SMILES string of the molecule is Nc1ncnc2c1c(-c1ccc3ccn(-c4ccccc4)c(=O)c3c1)cn2C1CC(CO)C1. The summed E-state index contributed by atoms with van der Waals surface area (Å²) in [6.45, 7) is 0.206. The van der Waals surface area contributed by atoms with Gasteiger partial charge >= 0.3 is 0 Å². The highest BCUT2D eigenvalue weighted by Crippen LogP contribution is 2.42. The molecular weight excluding hydrogens is 414 g/mol. The number of aromatic nitrogens is 4. The molecular formula is C26H23N5O2. The van der Waals surface area contributed by atoms with Crippen molar-refractivity contribution in [3.05, 3.63) is 83.7 Å². The monoisotopic (exact) mass is 437 g/mol. The predicted octanol–water partition coefficient (Wildman–Crippen LogP) is 3.93. The van der Waals surface area contributed by atoms with E-state index in [9.17, 15) is 9.90 Å². The molecule has 164 valence electrons. The largest absolute Gasteiger partial charge is 0.396 e. The fraction of sp³-hybridized carbons (Fsp3) is 0.192. The van der Waals surface area contributed by atoms with Crippen molar-refractivity contribution in [1.82, 2.24) is 19.1 Å². The van der Waals surface area contributed by atoms with Gasteiger partial charge in [-0.05, 0) is 54.0 Å². The number of anilines is 1. The molecule has 1 aliphatic carbocycles. The van der Waals surface area contributed by atoms with Gasteiger partial charge in [0, 0.05) is 41.7 Å². The molecule has 2 aromatic carbocycles. The van der Waals surface area contributed by atoms with Crippen LogP contribution in [0.15, 0.2) is 78.1 Å². The highest BCUT2D eigenvalue weighted by Gasteiger charge is 2.32. The molecule has 0 radical (unpaired) electrons. The second kappa shape index (κ2) is 7.56. The number of hydrogen-bond donors (Lipinski definition) is 2. The van der Waals surface area contributed by atoms with Crippen LogP contribution in [0.4, 0.5) is 5.82 Å². The fourth-order valence-corrected chi connectivity index (χ4v) is 4.88. The summed E-state index contributed by atoms with van der Waals surface area (Å²) < 4.78 is 3.81. The Bertz CT molecular complexity index is 1550. The van der Waals surface area contributed by atoms with Gasteiger partial charge in [0.25, 0.3) is 5.56 Å². The lowest BCUT2D eigenvalue weighted by atomic mass is 9.81. The van der Waals surface area contributed by atoms with Gasteiger partial charge in [-0.25, -0.2) is 9.97 Å². The zero-order valence-corrected chi connectivity index (χ0v) is 17.9. The topological polar surface area (TPSA) is 99.0 Å². The van der Waals surface area contributed by atoms with Crippen LogP contribution in [0.2, 0.25) is 0 Å². The highest BCUT2D eigenvalue weighted by molar-refractivity contribution is 6.02. The van der Waals surface area contributed by atoms with Gasteiger partial charge in [0.05, 0.1) is 5.39 Å². The number of aliphatic hydroxyl groups excluding tert-OH is 1. The Labute approximate surface area is 189 Å². The molecule has 7 nitrogen and oxygen atoms in total. The second-order valence-corrected chi connectivity index (χ2v) is 8.71. The van der Waals surface area contributed by atoms with E-state index in [4.69, 9.17) is 5.73 Å². The van der Waals surface area contributed by atoms with E-state index in [2.05, 4.69) is 20.7 Å². The molecule has 6 rings (SSSR count). The highest BCUT2D eigenvalue weighted by atomic mass is 16.3. The lowest BCUT2D eigenvalue weighted by Crippen LogP contribution is -2.28. The van der Waals surface area contributed by atoms with Crippen LogP contribution in [0.5, 0.6) is 0 Å². The summed E-state index contributed by atoms with van der Waals surface area (Å²) in [7, 11) is 0. The van der Waals surface area contributed by atoms with Crippen molar-refractivity contribution in [1.29, 1.82) is 0 Å². The molecule has 3 aromatic heterocycles. The number of hydrogen-bond acceptors (Lipinski definition) is 5. The van der Waals surface area contributed by atoms with Gasteiger partial charge in [-0.15, -0.1) is 0 Å². The van der Waals surface area contributed by atoms with Crippen molar-refractivity contribution >= 4 is 27.6 Å². The first kappa shape index (κ1) is 19.7. The smallest absolute Gasteiger partial charge is 0.262 e. The maximum absolute atomic E-state index is 13.4. The minimum atomic E-state index is -0.0710. The minimum Gasteiger partial charge on any atom is -0.396 e. The van der Waals surface area contributed by atoms with Gasteiger partial charge in [0.15, 0.2) is 0 Å². The summed E-state index contributed by atoms with van der Waals surface area (Å²) in [6.07, 6.45) is 7.17. The van der Waals surface area contributed by atoms with Crippen molar-refractivity contribution in [2.75, 3.05) is 12.3 Å². The normalized spacial score (nSPS) is 18.0. The molecule has 0 bridgehead atoms. The molecule has 0 amide bonds. The Hall–Kier alpha value is -3.97. The van der Waals surface area contributed by atoms with Crippen LogP contribution in [0.1, 0.15) is 18.9 Å². The maximum Gasteiger partial charge on any atom is 0.262 e. The van der Waals surface area contributed by atoms with E-state index < -0.39 is 0 Å². The summed E-state index contributed by atoms with van der Waals surface area (Å²) in [5.41, 5.74) is 9.64. The van der Waals surface area contributed by atoms with Gasteiger partial charge in [0.1, 0.15) is 17.8 Å². The zero-order valence-electron chi connectivity index (χ0n) is 17.9. The second-order valence-electron chi connectivity index (χ2n) is 8.71. The molecule has 0 atom stereocenters. The Morgan fingerprint density at radius 1 is 1.06 bits per heavy atom. The molecule has 1 fully saturated rings. The summed E-state index contributed by atoms with van der Waals surface area (Å²) >= 11 is 0. The van der Waals surface area contributed by atoms with Gasteiger partial charge in [0.2, 0.25) is 0 Å². The van der Waals surface area contributed by atoms with E-state index in [1.54, 1.807) is 4.57 Å². The Balaban J connectivity index is 1.53. The summed E-state index contributed by atoms with van der Waals surface area (Å²) in [5, 5.41) is 11.8. The molecule has 7 heteroatoms. The lowest BCUT2D eigenvalue weighted by Gasteiger charge is -2.35. The fourth-order valence-electron chi connectivity index (χ4n) is 4.88. The summed E-state index contributed by atoms with van der Waals surface area (Å²) in [6, 6.07) is 17.7. The van der Waals surface area contributed by atoms with Crippen LogP contribution < -0.4 is 11.3 Å². The minimum absolute atomic E-state index is 0.0710. The van der Waals surface area contributed by atoms with E-state index in [0.717, 1.165) is 46.1 Å². The van der Waals surface area contributed by atoms with Gasteiger partial charge in [-0.1, -0.05) is 30.3 Å². The number of nitrogens with two attached hydrogens (primary N) is 1. The van der Waals surface area contributed by atoms with Crippen LogP contribution in [-0.4, -0.2) is 30.8 Å². The number of nitrogen functional groups attached to an aromatic ring is 1. The number of aliphatic hydroxyl groups is 1. The Morgan fingerprint density at radius 3 is 2.67 bits per heavy atom. The third kappa shape index (κ3) is 3.12. The summed E-state index contributed by atoms with van der Waals surface area (Å²) in [4.78, 5) is 22.1. The van der Waals surface area contributed by atoms with E-state index in [-0.39, 0.29) is 18.2 Å². The van der Waals surface area contributed by atoms with Crippen LogP contribution in [0.25, 0.3) is 38.6 Å². The lowest BCUT2D eigenvalue weighted by molar-refractivity contribution is 0.114. The molecule has 1 aliphatic rings. The maximum atomic E-state index is 13.4. The van der Waals surface area contributed by atoms with E-state index in [0.29, 0.717) is 17.1 Å². The molecule has 0 unspecified atom stereocenters. The number of fused-ring (bicyclic) bond motifs is 2. The number of nitrogens with zero attached hydrogens (tertiary/aromatic N) is 4. The first-order chi connectivity index (χ1) is 16.1. The zero-order chi connectivity index (χ0) is 22.5. The van der Waals surface area contributed by atoms with E-state index in [1.165, 1.54) is 6.33 Å². The van der Waals surface area contributed by atoms with Crippen LogP contribution in [0.3, 0.4) is 0 Å². The standard InChI is InChI=1S/C26H23N5O2/c27-24-23-22(13-31(25(23)29-15-28-24)20-10-16(11-20)14-32)18-7-6-17-8-9-30(26(33)21(17)12-18)19-4-2-1-3-5-19/h1-9,12-13,15-16,20,32H,10-11,14H2,(H2,27,28,29). The molecule has 1 saturated carbocycles. The quantitative estimate of drug-likeness (QED) is 0.444. The van der Waals surface area contributed by atoms with Gasteiger partial charge < -0.3 is 15.4 Å². The molecule has 33 heavy (non-hydrogen) atoms. The molecule has 0 saturated heterocycles. The van der Waals surface area contributed by atoms with Gasteiger partial charge in [-0.3, -0.25) is 9.36 Å². The molecule has 0 spiro atoms.